The predicted molar refractivity (Wildman–Crippen MR) is 61.3 cm³/mol. The second-order valence-electron chi connectivity index (χ2n) is 3.82. The number of halogens is 2. The van der Waals surface area contributed by atoms with Gasteiger partial charge >= 0.3 is 5.97 Å². The highest BCUT2D eigenvalue weighted by Gasteiger charge is 2.17. The van der Waals surface area contributed by atoms with Crippen LogP contribution in [0, 0.1) is 11.6 Å². The molecule has 20 heavy (non-hydrogen) atoms. The lowest BCUT2D eigenvalue weighted by atomic mass is 10.2. The number of aromatic nitrogens is 2. The number of carboxylic acids is 1. The van der Waals surface area contributed by atoms with Crippen LogP contribution in [0.1, 0.15) is 29.0 Å². The standard InChI is InChI=1S/C12H10F2N2O4/c1-2-10-15-9(16-20-10)5-19-11-7(13)3-6(12(17)18)4-8(11)14/h3-4H,2,5H2,1H3,(H,17,18). The van der Waals surface area contributed by atoms with E-state index in [1.54, 1.807) is 0 Å². The highest BCUT2D eigenvalue weighted by atomic mass is 19.1. The first-order valence-electron chi connectivity index (χ1n) is 5.67. The topological polar surface area (TPSA) is 85.5 Å². The lowest BCUT2D eigenvalue weighted by molar-refractivity contribution is 0.0695. The molecule has 1 aromatic heterocycles. The van der Waals surface area contributed by atoms with Gasteiger partial charge in [-0.15, -0.1) is 0 Å². The van der Waals surface area contributed by atoms with Crippen molar-refractivity contribution in [2.75, 3.05) is 0 Å². The van der Waals surface area contributed by atoms with E-state index in [-0.39, 0.29) is 12.4 Å². The van der Waals surface area contributed by atoms with Crippen molar-refractivity contribution in [3.8, 4) is 5.75 Å². The molecule has 1 aromatic carbocycles. The van der Waals surface area contributed by atoms with Crippen molar-refractivity contribution < 1.29 is 27.9 Å². The summed E-state index contributed by atoms with van der Waals surface area (Å²) in [6, 6.07) is 1.35. The van der Waals surface area contributed by atoms with E-state index in [0.717, 1.165) is 0 Å². The predicted octanol–water partition coefficient (Wildman–Crippen LogP) is 2.19. The summed E-state index contributed by atoms with van der Waals surface area (Å²) in [6.45, 7) is 1.52. The van der Waals surface area contributed by atoms with Crippen molar-refractivity contribution in [3.05, 3.63) is 41.0 Å². The summed E-state index contributed by atoms with van der Waals surface area (Å²) < 4.78 is 36.8. The molecule has 0 amide bonds. The maximum absolute atomic E-state index is 13.6. The van der Waals surface area contributed by atoms with Gasteiger partial charge in [0.15, 0.2) is 24.0 Å². The molecule has 6 nitrogen and oxygen atoms in total. The van der Waals surface area contributed by atoms with Gasteiger partial charge in [0.2, 0.25) is 11.7 Å². The summed E-state index contributed by atoms with van der Waals surface area (Å²) >= 11 is 0. The highest BCUT2D eigenvalue weighted by molar-refractivity contribution is 5.87. The van der Waals surface area contributed by atoms with Crippen LogP contribution in [0.15, 0.2) is 16.7 Å². The van der Waals surface area contributed by atoms with Gasteiger partial charge in [0.1, 0.15) is 0 Å². The average Bonchev–Trinajstić information content (AvgIpc) is 2.85. The molecular weight excluding hydrogens is 274 g/mol. The van der Waals surface area contributed by atoms with Crippen LogP contribution in [0.2, 0.25) is 0 Å². The Kier molecular flexibility index (Phi) is 3.92. The molecule has 1 N–H and O–H groups in total. The Morgan fingerprint density at radius 1 is 1.40 bits per heavy atom. The van der Waals surface area contributed by atoms with Crippen molar-refractivity contribution >= 4 is 5.97 Å². The maximum atomic E-state index is 13.6. The largest absolute Gasteiger partial charge is 0.479 e. The highest BCUT2D eigenvalue weighted by Crippen LogP contribution is 2.24. The number of carboxylic acid groups (broad SMARTS) is 1. The molecule has 1 heterocycles. The van der Waals surface area contributed by atoms with Gasteiger partial charge < -0.3 is 14.4 Å². The second kappa shape index (κ2) is 5.64. The fourth-order valence-electron chi connectivity index (χ4n) is 1.45. The quantitative estimate of drug-likeness (QED) is 0.905. The first-order valence-corrected chi connectivity index (χ1v) is 5.67. The van der Waals surface area contributed by atoms with Crippen LogP contribution < -0.4 is 4.74 Å². The molecular formula is C12H10F2N2O4. The summed E-state index contributed by atoms with van der Waals surface area (Å²) in [5, 5.41) is 12.2. The lowest BCUT2D eigenvalue weighted by Gasteiger charge is -2.07. The monoisotopic (exact) mass is 284 g/mol. The number of hydrogen-bond donors (Lipinski definition) is 1. The minimum Gasteiger partial charge on any atom is -0.479 e. The number of hydrogen-bond acceptors (Lipinski definition) is 5. The van der Waals surface area contributed by atoms with E-state index in [0.29, 0.717) is 24.4 Å². The molecule has 0 aliphatic rings. The van der Waals surface area contributed by atoms with Gasteiger partial charge in [-0.3, -0.25) is 0 Å². The SMILES string of the molecule is CCc1nc(COc2c(F)cc(C(=O)O)cc2F)no1. The molecule has 0 atom stereocenters. The zero-order valence-corrected chi connectivity index (χ0v) is 10.4. The second-order valence-corrected chi connectivity index (χ2v) is 3.82. The van der Waals surface area contributed by atoms with Crippen LogP contribution in [0.25, 0.3) is 0 Å². The maximum Gasteiger partial charge on any atom is 0.335 e. The van der Waals surface area contributed by atoms with E-state index < -0.39 is 28.9 Å². The minimum absolute atomic E-state index is 0.142. The summed E-state index contributed by atoms with van der Waals surface area (Å²) in [4.78, 5) is 14.5. The van der Waals surface area contributed by atoms with E-state index in [4.69, 9.17) is 14.4 Å². The lowest BCUT2D eigenvalue weighted by Crippen LogP contribution is -2.04. The van der Waals surface area contributed by atoms with Gasteiger partial charge in [-0.05, 0) is 12.1 Å². The molecule has 0 fully saturated rings. The fourth-order valence-corrected chi connectivity index (χ4v) is 1.45. The van der Waals surface area contributed by atoms with Gasteiger partial charge in [-0.2, -0.15) is 4.98 Å². The van der Waals surface area contributed by atoms with Crippen molar-refractivity contribution in [2.24, 2.45) is 0 Å². The van der Waals surface area contributed by atoms with E-state index in [9.17, 15) is 13.6 Å². The summed E-state index contributed by atoms with van der Waals surface area (Å²) in [5.41, 5.74) is -0.500. The molecule has 0 unspecified atom stereocenters. The van der Waals surface area contributed by atoms with Gasteiger partial charge in [0, 0.05) is 6.42 Å². The Morgan fingerprint density at radius 2 is 2.05 bits per heavy atom. The molecule has 0 saturated heterocycles. The third-order valence-corrected chi connectivity index (χ3v) is 2.40. The molecule has 0 bridgehead atoms. The van der Waals surface area contributed by atoms with Crippen LogP contribution in [0.5, 0.6) is 5.75 Å². The summed E-state index contributed by atoms with van der Waals surface area (Å²) in [6.07, 6.45) is 0.531. The summed E-state index contributed by atoms with van der Waals surface area (Å²) in [7, 11) is 0. The Morgan fingerprint density at radius 3 is 2.55 bits per heavy atom. The van der Waals surface area contributed by atoms with Gasteiger partial charge in [0.05, 0.1) is 5.56 Å². The van der Waals surface area contributed by atoms with E-state index >= 15 is 0 Å². The molecule has 0 radical (unpaired) electrons. The van der Waals surface area contributed by atoms with Crippen LogP contribution in [0.4, 0.5) is 8.78 Å². The van der Waals surface area contributed by atoms with Gasteiger partial charge in [-0.1, -0.05) is 12.1 Å². The molecule has 0 aliphatic heterocycles. The zero-order chi connectivity index (χ0) is 14.7. The third kappa shape index (κ3) is 2.90. The molecule has 0 aliphatic carbocycles. The smallest absolute Gasteiger partial charge is 0.335 e. The van der Waals surface area contributed by atoms with Gasteiger partial charge in [0.25, 0.3) is 0 Å². The van der Waals surface area contributed by atoms with Crippen LogP contribution in [0.3, 0.4) is 0 Å². The molecule has 0 spiro atoms. The van der Waals surface area contributed by atoms with Crippen LogP contribution in [-0.2, 0) is 13.0 Å². The Bertz CT molecular complexity index is 619. The van der Waals surface area contributed by atoms with E-state index in [1.165, 1.54) is 0 Å². The van der Waals surface area contributed by atoms with Crippen molar-refractivity contribution in [2.45, 2.75) is 20.0 Å². The number of carbonyl (C=O) groups is 1. The van der Waals surface area contributed by atoms with Crippen LogP contribution in [-0.4, -0.2) is 21.2 Å². The third-order valence-electron chi connectivity index (χ3n) is 2.40. The number of benzene rings is 1. The molecule has 8 heteroatoms. The number of aryl methyl sites for hydroxylation is 1. The first kappa shape index (κ1) is 13.9. The molecule has 0 saturated carbocycles. The Balaban J connectivity index is 2.15. The molecule has 106 valence electrons. The molecule has 2 aromatic rings. The Hall–Kier alpha value is -2.51. The normalized spacial score (nSPS) is 10.6. The van der Waals surface area contributed by atoms with Crippen LogP contribution >= 0.6 is 0 Å². The van der Waals surface area contributed by atoms with Gasteiger partial charge in [-0.25, -0.2) is 13.6 Å². The molecule has 2 rings (SSSR count). The minimum atomic E-state index is -1.43. The van der Waals surface area contributed by atoms with E-state index in [2.05, 4.69) is 10.1 Å². The number of ether oxygens (including phenoxy) is 1. The van der Waals surface area contributed by atoms with Crippen molar-refractivity contribution in [1.82, 2.24) is 10.1 Å². The number of nitrogens with zero attached hydrogens (tertiary/aromatic N) is 2. The fraction of sp³-hybridized carbons (Fsp3) is 0.250. The Labute approximate surface area is 112 Å². The average molecular weight is 284 g/mol. The number of rotatable bonds is 5. The number of aromatic carboxylic acids is 1. The zero-order valence-electron chi connectivity index (χ0n) is 10.4. The van der Waals surface area contributed by atoms with E-state index in [1.807, 2.05) is 6.92 Å². The summed E-state index contributed by atoms with van der Waals surface area (Å²) in [5.74, 6) is -3.81. The van der Waals surface area contributed by atoms with Crippen molar-refractivity contribution in [3.63, 3.8) is 0 Å². The van der Waals surface area contributed by atoms with Crippen molar-refractivity contribution in [1.29, 1.82) is 0 Å². The first-order chi connectivity index (χ1) is 9.51.